The van der Waals surface area contributed by atoms with Crippen LogP contribution in [-0.4, -0.2) is 0 Å². The van der Waals surface area contributed by atoms with Crippen LogP contribution in [0.5, 0.6) is 0 Å². The molecule has 0 aliphatic heterocycles. The Morgan fingerprint density at radius 2 is 2.25 bits per heavy atom. The van der Waals surface area contributed by atoms with Gasteiger partial charge < -0.3 is 5.32 Å². The van der Waals surface area contributed by atoms with Crippen LogP contribution in [0, 0.1) is 0 Å². The van der Waals surface area contributed by atoms with Gasteiger partial charge in [-0.1, -0.05) is 23.7 Å². The molecule has 4 heteroatoms. The van der Waals surface area contributed by atoms with E-state index in [0.717, 1.165) is 5.02 Å². The number of rotatable bonds is 3. The second kappa shape index (κ2) is 6.18. The Morgan fingerprint density at radius 3 is 3.05 bits per heavy atom. The Kier molecular flexibility index (Phi) is 4.51. The minimum Gasteiger partial charge on any atom is -0.303 e. The Hall–Kier alpha value is -0.350. The SMILES string of the molecule is C[C@@H](NC1CCCc2sc(Br)cc21)c1cccc(Cl)c1. The van der Waals surface area contributed by atoms with Crippen molar-refractivity contribution in [2.24, 2.45) is 0 Å². The third kappa shape index (κ3) is 3.11. The van der Waals surface area contributed by atoms with Crippen molar-refractivity contribution in [1.29, 1.82) is 0 Å². The molecule has 1 aliphatic rings. The van der Waals surface area contributed by atoms with Crippen LogP contribution >= 0.6 is 38.9 Å². The average Bonchev–Trinajstić information content (AvgIpc) is 2.80. The van der Waals surface area contributed by atoms with Gasteiger partial charge in [0.25, 0.3) is 0 Å². The number of fused-ring (bicyclic) bond motifs is 1. The van der Waals surface area contributed by atoms with Crippen molar-refractivity contribution in [3.8, 4) is 0 Å². The summed E-state index contributed by atoms with van der Waals surface area (Å²) in [5, 5.41) is 4.56. The molecule has 1 aromatic heterocycles. The van der Waals surface area contributed by atoms with Gasteiger partial charge in [0.05, 0.1) is 3.79 Å². The quantitative estimate of drug-likeness (QED) is 0.710. The molecule has 0 radical (unpaired) electrons. The number of halogens is 2. The van der Waals surface area contributed by atoms with Crippen LogP contribution in [0.15, 0.2) is 34.1 Å². The summed E-state index contributed by atoms with van der Waals surface area (Å²) < 4.78 is 1.24. The first-order chi connectivity index (χ1) is 9.63. The molecule has 0 amide bonds. The van der Waals surface area contributed by atoms with E-state index in [4.69, 9.17) is 11.6 Å². The van der Waals surface area contributed by atoms with Crippen LogP contribution in [-0.2, 0) is 6.42 Å². The Balaban J connectivity index is 1.78. The summed E-state index contributed by atoms with van der Waals surface area (Å²) in [7, 11) is 0. The van der Waals surface area contributed by atoms with Crippen molar-refractivity contribution in [2.75, 3.05) is 0 Å². The van der Waals surface area contributed by atoms with Crippen LogP contribution in [0.3, 0.4) is 0 Å². The summed E-state index contributed by atoms with van der Waals surface area (Å²) in [6.45, 7) is 2.21. The maximum absolute atomic E-state index is 6.08. The first-order valence-electron chi connectivity index (χ1n) is 6.93. The maximum atomic E-state index is 6.08. The molecule has 1 aliphatic carbocycles. The molecule has 2 aromatic rings. The molecule has 0 saturated heterocycles. The van der Waals surface area contributed by atoms with Gasteiger partial charge in [-0.2, -0.15) is 0 Å². The number of thiophene rings is 1. The molecule has 1 aromatic carbocycles. The van der Waals surface area contributed by atoms with Gasteiger partial charge >= 0.3 is 0 Å². The van der Waals surface area contributed by atoms with Crippen molar-refractivity contribution in [1.82, 2.24) is 5.32 Å². The lowest BCUT2D eigenvalue weighted by Gasteiger charge is -2.27. The van der Waals surface area contributed by atoms with Gasteiger partial charge in [0.2, 0.25) is 0 Å². The highest BCUT2D eigenvalue weighted by Gasteiger charge is 2.24. The fourth-order valence-electron chi connectivity index (χ4n) is 2.87. The van der Waals surface area contributed by atoms with E-state index in [1.165, 1.54) is 39.1 Å². The zero-order valence-corrected chi connectivity index (χ0v) is 14.5. The number of benzene rings is 1. The molecule has 1 nitrogen and oxygen atoms in total. The van der Waals surface area contributed by atoms with Crippen molar-refractivity contribution >= 4 is 38.9 Å². The smallest absolute Gasteiger partial charge is 0.0704 e. The summed E-state index contributed by atoms with van der Waals surface area (Å²) in [4.78, 5) is 1.53. The standard InChI is InChI=1S/C16H17BrClNS/c1-10(11-4-2-5-12(18)8-11)19-14-6-3-7-15-13(14)9-16(17)20-15/h2,4-5,8-10,14,19H,3,6-7H2,1H3/t10-,14?/m1/s1. The van der Waals surface area contributed by atoms with Crippen LogP contribution in [0.1, 0.15) is 47.9 Å². The highest BCUT2D eigenvalue weighted by atomic mass is 79.9. The minimum atomic E-state index is 0.309. The Morgan fingerprint density at radius 1 is 1.40 bits per heavy atom. The normalized spacial score (nSPS) is 19.6. The van der Waals surface area contributed by atoms with Crippen LogP contribution in [0.2, 0.25) is 5.02 Å². The molecule has 1 N–H and O–H groups in total. The van der Waals surface area contributed by atoms with Gasteiger partial charge in [-0.05, 0) is 71.4 Å². The van der Waals surface area contributed by atoms with Crippen molar-refractivity contribution < 1.29 is 0 Å². The van der Waals surface area contributed by atoms with E-state index >= 15 is 0 Å². The van der Waals surface area contributed by atoms with E-state index in [-0.39, 0.29) is 0 Å². The first-order valence-corrected chi connectivity index (χ1v) is 8.92. The summed E-state index contributed by atoms with van der Waals surface area (Å²) in [5.74, 6) is 0. The average molecular weight is 371 g/mol. The molecule has 0 saturated carbocycles. The van der Waals surface area contributed by atoms with E-state index < -0.39 is 0 Å². The molecular weight excluding hydrogens is 354 g/mol. The van der Waals surface area contributed by atoms with Crippen LogP contribution in [0.4, 0.5) is 0 Å². The lowest BCUT2D eigenvalue weighted by atomic mass is 9.93. The second-order valence-corrected chi connectivity index (χ2v) is 8.27. The van der Waals surface area contributed by atoms with Crippen molar-refractivity contribution in [3.05, 3.63) is 55.1 Å². The first kappa shape index (κ1) is 14.6. The number of nitrogens with one attached hydrogen (secondary N) is 1. The molecule has 106 valence electrons. The van der Waals surface area contributed by atoms with Crippen molar-refractivity contribution in [2.45, 2.75) is 38.3 Å². The molecule has 0 spiro atoms. The van der Waals surface area contributed by atoms with E-state index in [2.05, 4.69) is 40.3 Å². The van der Waals surface area contributed by atoms with Gasteiger partial charge in [-0.3, -0.25) is 0 Å². The van der Waals surface area contributed by atoms with E-state index in [0.29, 0.717) is 12.1 Å². The summed E-state index contributed by atoms with van der Waals surface area (Å²) in [6.07, 6.45) is 3.69. The lowest BCUT2D eigenvalue weighted by molar-refractivity contribution is 0.418. The van der Waals surface area contributed by atoms with Gasteiger partial charge in [0.15, 0.2) is 0 Å². The number of hydrogen-bond donors (Lipinski definition) is 1. The topological polar surface area (TPSA) is 12.0 Å². The monoisotopic (exact) mass is 369 g/mol. The molecule has 0 fully saturated rings. The zero-order chi connectivity index (χ0) is 14.1. The third-order valence-corrected chi connectivity index (χ3v) is 5.83. The maximum Gasteiger partial charge on any atom is 0.0704 e. The van der Waals surface area contributed by atoms with E-state index in [9.17, 15) is 0 Å². The molecule has 0 bridgehead atoms. The molecule has 1 unspecified atom stereocenters. The predicted octanol–water partition coefficient (Wildman–Crippen LogP) is 5.89. The van der Waals surface area contributed by atoms with Gasteiger partial charge in [-0.25, -0.2) is 0 Å². The summed E-state index contributed by atoms with van der Waals surface area (Å²) in [6, 6.07) is 11.2. The molecule has 1 heterocycles. The Bertz CT molecular complexity index is 610. The van der Waals surface area contributed by atoms with Gasteiger partial charge in [-0.15, -0.1) is 11.3 Å². The number of hydrogen-bond acceptors (Lipinski definition) is 2. The highest BCUT2D eigenvalue weighted by molar-refractivity contribution is 9.11. The van der Waals surface area contributed by atoms with Crippen LogP contribution < -0.4 is 5.32 Å². The van der Waals surface area contributed by atoms with E-state index in [1.54, 1.807) is 0 Å². The van der Waals surface area contributed by atoms with Gasteiger partial charge in [0.1, 0.15) is 0 Å². The predicted molar refractivity (Wildman–Crippen MR) is 90.7 cm³/mol. The minimum absolute atomic E-state index is 0.309. The fourth-order valence-corrected chi connectivity index (χ4v) is 4.89. The lowest BCUT2D eigenvalue weighted by Crippen LogP contribution is -2.27. The molecule has 20 heavy (non-hydrogen) atoms. The largest absolute Gasteiger partial charge is 0.303 e. The number of aryl methyl sites for hydroxylation is 1. The van der Waals surface area contributed by atoms with Crippen molar-refractivity contribution in [3.63, 3.8) is 0 Å². The van der Waals surface area contributed by atoms with Crippen LogP contribution in [0.25, 0.3) is 0 Å². The summed E-state index contributed by atoms with van der Waals surface area (Å²) in [5.41, 5.74) is 2.72. The third-order valence-electron chi connectivity index (χ3n) is 3.88. The summed E-state index contributed by atoms with van der Waals surface area (Å²) >= 11 is 11.6. The van der Waals surface area contributed by atoms with Gasteiger partial charge in [0, 0.05) is 22.0 Å². The Labute approximate surface area is 137 Å². The second-order valence-electron chi connectivity index (χ2n) is 5.32. The molecule has 2 atom stereocenters. The molecule has 3 rings (SSSR count). The fraction of sp³-hybridized carbons (Fsp3) is 0.375. The van der Waals surface area contributed by atoms with E-state index in [1.807, 2.05) is 29.5 Å². The zero-order valence-electron chi connectivity index (χ0n) is 11.3. The highest BCUT2D eigenvalue weighted by Crippen LogP contribution is 2.39. The molecular formula is C16H17BrClNS.